The maximum atomic E-state index is 12.5. The van der Waals surface area contributed by atoms with Crippen molar-refractivity contribution in [3.05, 3.63) is 0 Å². The summed E-state index contributed by atoms with van der Waals surface area (Å²) in [5, 5.41) is 2.84. The Hall–Kier alpha value is -0.780. The van der Waals surface area contributed by atoms with Crippen LogP contribution in [0, 0.1) is 17.3 Å². The van der Waals surface area contributed by atoms with Crippen LogP contribution in [0.1, 0.15) is 6.42 Å². The largest absolute Gasteiger partial charge is 0.469 e. The van der Waals surface area contributed by atoms with Crippen molar-refractivity contribution in [1.82, 2.24) is 5.32 Å². The summed E-state index contributed by atoms with van der Waals surface area (Å²) >= 11 is 0. The van der Waals surface area contributed by atoms with Crippen LogP contribution in [0.4, 0.5) is 13.2 Å². The number of nitrogens with one attached hydrogen (secondary N) is 1. The number of halogens is 3. The van der Waals surface area contributed by atoms with E-state index in [-0.39, 0.29) is 13.0 Å². The van der Waals surface area contributed by atoms with Gasteiger partial charge in [0.25, 0.3) is 0 Å². The van der Waals surface area contributed by atoms with Gasteiger partial charge in [0.05, 0.1) is 18.4 Å². The molecule has 2 aliphatic rings. The van der Waals surface area contributed by atoms with Gasteiger partial charge in [0.2, 0.25) is 0 Å². The van der Waals surface area contributed by atoms with E-state index in [1.807, 2.05) is 0 Å². The molecule has 1 N–H and O–H groups in total. The van der Waals surface area contributed by atoms with E-state index in [4.69, 9.17) is 0 Å². The summed E-state index contributed by atoms with van der Waals surface area (Å²) in [5.74, 6) is -2.52. The van der Waals surface area contributed by atoms with Crippen molar-refractivity contribution < 1.29 is 22.7 Å². The number of methoxy groups -OCH3 is 1. The van der Waals surface area contributed by atoms with Crippen LogP contribution in [-0.4, -0.2) is 32.3 Å². The van der Waals surface area contributed by atoms with Gasteiger partial charge in [0, 0.05) is 12.5 Å². The van der Waals surface area contributed by atoms with Gasteiger partial charge < -0.3 is 10.1 Å². The smallest absolute Gasteiger partial charge is 0.392 e. The lowest BCUT2D eigenvalue weighted by Crippen LogP contribution is -2.57. The normalized spacial score (nSPS) is 39.5. The Morgan fingerprint density at radius 1 is 1.53 bits per heavy atom. The van der Waals surface area contributed by atoms with Crippen molar-refractivity contribution in [1.29, 1.82) is 0 Å². The third-order valence-electron chi connectivity index (χ3n) is 3.60. The fourth-order valence-electron chi connectivity index (χ4n) is 2.76. The second-order valence-corrected chi connectivity index (χ2v) is 4.24. The molecule has 86 valence electrons. The van der Waals surface area contributed by atoms with Gasteiger partial charge in [-0.2, -0.15) is 13.2 Å². The number of hydrogen-bond donors (Lipinski definition) is 1. The van der Waals surface area contributed by atoms with Gasteiger partial charge in [-0.05, 0) is 13.0 Å². The van der Waals surface area contributed by atoms with E-state index in [2.05, 4.69) is 10.1 Å². The molecule has 1 saturated carbocycles. The van der Waals surface area contributed by atoms with E-state index in [0.29, 0.717) is 6.54 Å². The van der Waals surface area contributed by atoms with Crippen molar-refractivity contribution in [3.63, 3.8) is 0 Å². The lowest BCUT2D eigenvalue weighted by molar-refractivity contribution is -0.243. The average Bonchev–Trinajstić information content (AvgIpc) is 2.41. The minimum absolute atomic E-state index is 0.138. The van der Waals surface area contributed by atoms with Crippen molar-refractivity contribution in [2.75, 3.05) is 20.2 Å². The van der Waals surface area contributed by atoms with Gasteiger partial charge in [-0.15, -0.1) is 0 Å². The van der Waals surface area contributed by atoms with Gasteiger partial charge in [0.1, 0.15) is 0 Å². The minimum atomic E-state index is -4.20. The predicted octanol–water partition coefficient (Wildman–Crippen LogP) is 0.947. The quantitative estimate of drug-likeness (QED) is 0.672. The van der Waals surface area contributed by atoms with Crippen molar-refractivity contribution in [2.45, 2.75) is 12.6 Å². The number of alkyl halides is 3. The first-order valence-electron chi connectivity index (χ1n) is 4.77. The monoisotopic (exact) mass is 223 g/mol. The van der Waals surface area contributed by atoms with Crippen LogP contribution in [-0.2, 0) is 9.53 Å². The molecule has 2 fully saturated rings. The highest BCUT2D eigenvalue weighted by molar-refractivity contribution is 5.79. The van der Waals surface area contributed by atoms with Crippen molar-refractivity contribution in [3.8, 4) is 0 Å². The highest BCUT2D eigenvalue weighted by Crippen LogP contribution is 2.59. The molecule has 0 radical (unpaired) electrons. The molecule has 1 aliphatic heterocycles. The molecule has 0 aromatic carbocycles. The lowest BCUT2D eigenvalue weighted by Gasteiger charge is -2.48. The number of carbonyl (C=O) groups is 1. The van der Waals surface area contributed by atoms with Crippen molar-refractivity contribution >= 4 is 5.97 Å². The molecular formula is C9H12F3NO2. The van der Waals surface area contributed by atoms with Crippen LogP contribution < -0.4 is 5.32 Å². The topological polar surface area (TPSA) is 38.3 Å². The van der Waals surface area contributed by atoms with Crippen LogP contribution >= 0.6 is 0 Å². The number of esters is 1. The molecule has 0 aromatic rings. The molecule has 0 unspecified atom stereocenters. The third-order valence-corrected chi connectivity index (χ3v) is 3.60. The van der Waals surface area contributed by atoms with Gasteiger partial charge in [-0.25, -0.2) is 0 Å². The summed E-state index contributed by atoms with van der Waals surface area (Å²) in [4.78, 5) is 11.4. The van der Waals surface area contributed by atoms with E-state index in [1.54, 1.807) is 0 Å². The molecule has 1 aliphatic carbocycles. The van der Waals surface area contributed by atoms with Gasteiger partial charge in [-0.3, -0.25) is 4.79 Å². The molecule has 2 rings (SSSR count). The molecule has 0 bridgehead atoms. The number of carbonyl (C=O) groups excluding carboxylic acids is 1. The molecule has 0 aromatic heterocycles. The van der Waals surface area contributed by atoms with E-state index in [0.717, 1.165) is 0 Å². The maximum absolute atomic E-state index is 12.5. The Morgan fingerprint density at radius 2 is 2.20 bits per heavy atom. The Bertz CT molecular complexity index is 292. The Kier molecular flexibility index (Phi) is 2.22. The average molecular weight is 223 g/mol. The van der Waals surface area contributed by atoms with Crippen LogP contribution in [0.5, 0.6) is 0 Å². The van der Waals surface area contributed by atoms with Crippen LogP contribution in [0.3, 0.4) is 0 Å². The predicted molar refractivity (Wildman–Crippen MR) is 45.0 cm³/mol. The SMILES string of the molecule is COC(=O)[C@@]12CNC[C@@H]1[C@@H](C(F)(F)F)C2. The molecule has 0 spiro atoms. The minimum Gasteiger partial charge on any atom is -0.469 e. The molecule has 1 saturated heterocycles. The second-order valence-electron chi connectivity index (χ2n) is 4.24. The zero-order chi connectivity index (χ0) is 11.3. The van der Waals surface area contributed by atoms with E-state index in [1.165, 1.54) is 7.11 Å². The van der Waals surface area contributed by atoms with Crippen LogP contribution in [0.15, 0.2) is 0 Å². The lowest BCUT2D eigenvalue weighted by atomic mass is 9.55. The van der Waals surface area contributed by atoms with E-state index >= 15 is 0 Å². The maximum Gasteiger partial charge on any atom is 0.392 e. The number of fused-ring (bicyclic) bond motifs is 1. The molecule has 3 atom stereocenters. The summed E-state index contributed by atoms with van der Waals surface area (Å²) in [6.07, 6.45) is -4.34. The molecule has 0 amide bonds. The Labute approximate surface area is 85.0 Å². The highest BCUT2D eigenvalue weighted by atomic mass is 19.4. The first-order chi connectivity index (χ1) is 6.92. The van der Waals surface area contributed by atoms with Gasteiger partial charge in [-0.1, -0.05) is 0 Å². The summed E-state index contributed by atoms with van der Waals surface area (Å²) in [5.41, 5.74) is -0.922. The molecule has 15 heavy (non-hydrogen) atoms. The Balaban J connectivity index is 2.16. The van der Waals surface area contributed by atoms with Crippen molar-refractivity contribution in [2.24, 2.45) is 17.3 Å². The zero-order valence-electron chi connectivity index (χ0n) is 8.23. The van der Waals surface area contributed by atoms with Crippen LogP contribution in [0.25, 0.3) is 0 Å². The van der Waals surface area contributed by atoms with Gasteiger partial charge in [0.15, 0.2) is 0 Å². The first-order valence-corrected chi connectivity index (χ1v) is 4.77. The molecular weight excluding hydrogens is 211 g/mol. The number of hydrogen-bond acceptors (Lipinski definition) is 3. The molecule has 6 heteroatoms. The summed E-state index contributed by atoms with van der Waals surface area (Å²) in [6.45, 7) is 0.552. The summed E-state index contributed by atoms with van der Waals surface area (Å²) in [6, 6.07) is 0. The Morgan fingerprint density at radius 3 is 2.73 bits per heavy atom. The summed E-state index contributed by atoms with van der Waals surface area (Å²) < 4.78 is 42.1. The number of rotatable bonds is 1. The second kappa shape index (κ2) is 3.10. The first kappa shape index (κ1) is 10.7. The summed E-state index contributed by atoms with van der Waals surface area (Å²) in [7, 11) is 1.22. The van der Waals surface area contributed by atoms with Gasteiger partial charge >= 0.3 is 12.1 Å². The fourth-order valence-corrected chi connectivity index (χ4v) is 2.76. The molecule has 1 heterocycles. The highest BCUT2D eigenvalue weighted by Gasteiger charge is 2.68. The third kappa shape index (κ3) is 1.34. The zero-order valence-corrected chi connectivity index (χ0v) is 8.23. The number of ether oxygens (including phenoxy) is 1. The van der Waals surface area contributed by atoms with E-state index < -0.39 is 29.4 Å². The molecule has 3 nitrogen and oxygen atoms in total. The van der Waals surface area contributed by atoms with Crippen LogP contribution in [0.2, 0.25) is 0 Å². The standard InChI is InChI=1S/C9H12F3NO2/c1-15-7(14)8-2-5(9(10,11)12)6(8)3-13-4-8/h5-6,13H,2-4H2,1H3/t5-,6+,8-/m0/s1. The van der Waals surface area contributed by atoms with E-state index in [9.17, 15) is 18.0 Å². The fraction of sp³-hybridized carbons (Fsp3) is 0.889.